The Labute approximate surface area is 147 Å². The number of carbonyl (C=O) groups is 1. The van der Waals surface area contributed by atoms with Crippen molar-refractivity contribution in [3.63, 3.8) is 0 Å². The van der Waals surface area contributed by atoms with E-state index in [1.807, 2.05) is 42.2 Å². The maximum absolute atomic E-state index is 12.6. The van der Waals surface area contributed by atoms with Gasteiger partial charge < -0.3 is 4.90 Å². The summed E-state index contributed by atoms with van der Waals surface area (Å²) in [5.41, 5.74) is 0.684. The van der Waals surface area contributed by atoms with Crippen LogP contribution in [0.1, 0.15) is 22.2 Å². The smallest absolute Gasteiger partial charge is 0.254 e. The highest BCUT2D eigenvalue weighted by Gasteiger charge is 2.16. The highest BCUT2D eigenvalue weighted by atomic mass is 79.9. The van der Waals surface area contributed by atoms with Gasteiger partial charge in [-0.25, -0.2) is 0 Å². The van der Waals surface area contributed by atoms with Gasteiger partial charge in [0.05, 0.1) is 10.3 Å². The monoisotopic (exact) mass is 479 g/mol. The molecule has 1 heterocycles. The van der Waals surface area contributed by atoms with E-state index in [0.717, 1.165) is 12.7 Å². The zero-order chi connectivity index (χ0) is 14.7. The summed E-state index contributed by atoms with van der Waals surface area (Å²) in [5, 5.41) is 0. The highest BCUT2D eigenvalue weighted by Crippen LogP contribution is 2.25. The normalized spacial score (nSPS) is 10.6. The van der Waals surface area contributed by atoms with Gasteiger partial charge in [-0.2, -0.15) is 0 Å². The first-order valence-corrected chi connectivity index (χ1v) is 9.18. The minimum absolute atomic E-state index is 0.0408. The SMILES string of the molecule is CCN(Cc1ccc(Br)s1)C(=O)c1cc(Br)cc(Br)c1. The van der Waals surface area contributed by atoms with Crippen LogP contribution in [-0.2, 0) is 6.54 Å². The van der Waals surface area contributed by atoms with E-state index in [9.17, 15) is 4.79 Å². The van der Waals surface area contributed by atoms with Gasteiger partial charge in [0.15, 0.2) is 0 Å². The van der Waals surface area contributed by atoms with Crippen LogP contribution in [0.3, 0.4) is 0 Å². The summed E-state index contributed by atoms with van der Waals surface area (Å²) in [7, 11) is 0. The number of rotatable bonds is 4. The number of halogens is 3. The molecule has 0 unspecified atom stereocenters. The molecule has 0 saturated heterocycles. The van der Waals surface area contributed by atoms with Crippen LogP contribution in [0.2, 0.25) is 0 Å². The molecule has 20 heavy (non-hydrogen) atoms. The summed E-state index contributed by atoms with van der Waals surface area (Å²) < 4.78 is 2.87. The first kappa shape index (κ1) is 16.2. The van der Waals surface area contributed by atoms with Crippen LogP contribution in [0, 0.1) is 0 Å². The minimum atomic E-state index is 0.0408. The molecule has 1 amide bonds. The summed E-state index contributed by atoms with van der Waals surface area (Å²) in [6.45, 7) is 3.31. The molecule has 2 rings (SSSR count). The second kappa shape index (κ2) is 7.20. The third kappa shape index (κ3) is 4.16. The van der Waals surface area contributed by atoms with Crippen LogP contribution in [0.15, 0.2) is 43.1 Å². The number of nitrogens with zero attached hydrogens (tertiary/aromatic N) is 1. The van der Waals surface area contributed by atoms with Crippen LogP contribution >= 0.6 is 59.1 Å². The lowest BCUT2D eigenvalue weighted by molar-refractivity contribution is 0.0754. The Balaban J connectivity index is 2.20. The Hall–Kier alpha value is -0.170. The fourth-order valence-electron chi connectivity index (χ4n) is 1.81. The third-order valence-electron chi connectivity index (χ3n) is 2.75. The van der Waals surface area contributed by atoms with Gasteiger partial charge in [0.2, 0.25) is 0 Å². The molecule has 0 radical (unpaired) electrons. The largest absolute Gasteiger partial charge is 0.334 e. The summed E-state index contributed by atoms with van der Waals surface area (Å²) in [6.07, 6.45) is 0. The molecule has 0 aliphatic heterocycles. The summed E-state index contributed by atoms with van der Waals surface area (Å²) in [5.74, 6) is 0.0408. The van der Waals surface area contributed by atoms with E-state index in [1.165, 1.54) is 4.88 Å². The fraction of sp³-hybridized carbons (Fsp3) is 0.214. The molecule has 0 aliphatic rings. The molecule has 0 saturated carbocycles. The quantitative estimate of drug-likeness (QED) is 0.548. The van der Waals surface area contributed by atoms with Crippen LogP contribution in [0.5, 0.6) is 0 Å². The molecular weight excluding hydrogens is 470 g/mol. The molecule has 1 aromatic carbocycles. The first-order chi connectivity index (χ1) is 9.49. The maximum Gasteiger partial charge on any atom is 0.254 e. The molecule has 2 aromatic rings. The number of hydrogen-bond donors (Lipinski definition) is 0. The minimum Gasteiger partial charge on any atom is -0.334 e. The standard InChI is InChI=1S/C14H12Br3NOS/c1-2-18(8-12-3-4-13(17)20-12)14(19)9-5-10(15)7-11(16)6-9/h3-7H,2,8H2,1H3. The zero-order valence-electron chi connectivity index (χ0n) is 10.7. The molecule has 6 heteroatoms. The van der Waals surface area contributed by atoms with Crippen LogP contribution in [0.25, 0.3) is 0 Å². The van der Waals surface area contributed by atoms with Crippen molar-refractivity contribution in [2.45, 2.75) is 13.5 Å². The molecule has 0 bridgehead atoms. The van der Waals surface area contributed by atoms with Crippen LogP contribution in [-0.4, -0.2) is 17.4 Å². The highest BCUT2D eigenvalue weighted by molar-refractivity contribution is 9.11. The van der Waals surface area contributed by atoms with Gasteiger partial charge in [-0.05, 0) is 53.2 Å². The molecule has 0 fully saturated rings. The van der Waals surface area contributed by atoms with Crippen molar-refractivity contribution in [1.29, 1.82) is 0 Å². The Morgan fingerprint density at radius 2 is 1.80 bits per heavy atom. The van der Waals surface area contributed by atoms with Crippen molar-refractivity contribution < 1.29 is 4.79 Å². The summed E-state index contributed by atoms with van der Waals surface area (Å²) in [4.78, 5) is 15.6. The molecule has 0 atom stereocenters. The number of carbonyl (C=O) groups excluding carboxylic acids is 1. The van der Waals surface area contributed by atoms with Crippen LogP contribution in [0.4, 0.5) is 0 Å². The number of benzene rings is 1. The number of amides is 1. The molecule has 2 nitrogen and oxygen atoms in total. The molecule has 0 spiro atoms. The maximum atomic E-state index is 12.6. The molecule has 0 N–H and O–H groups in total. The van der Waals surface area contributed by atoms with Crippen LogP contribution < -0.4 is 0 Å². The van der Waals surface area contributed by atoms with Crippen molar-refractivity contribution in [3.05, 3.63) is 53.5 Å². The first-order valence-electron chi connectivity index (χ1n) is 5.99. The zero-order valence-corrected chi connectivity index (χ0v) is 16.3. The van der Waals surface area contributed by atoms with Gasteiger partial charge >= 0.3 is 0 Å². The molecule has 0 aliphatic carbocycles. The van der Waals surface area contributed by atoms with Gasteiger partial charge in [0.25, 0.3) is 5.91 Å². The summed E-state index contributed by atoms with van der Waals surface area (Å²) in [6, 6.07) is 9.67. The van der Waals surface area contributed by atoms with Gasteiger partial charge in [-0.15, -0.1) is 11.3 Å². The van der Waals surface area contributed by atoms with Gasteiger partial charge in [0.1, 0.15) is 0 Å². The van der Waals surface area contributed by atoms with Gasteiger partial charge in [-0.1, -0.05) is 31.9 Å². The van der Waals surface area contributed by atoms with Gasteiger partial charge in [0, 0.05) is 25.9 Å². The van der Waals surface area contributed by atoms with Crippen molar-refractivity contribution in [2.24, 2.45) is 0 Å². The van der Waals surface area contributed by atoms with Gasteiger partial charge in [-0.3, -0.25) is 4.79 Å². The molecule has 1 aromatic heterocycles. The Morgan fingerprint density at radius 3 is 2.30 bits per heavy atom. The number of hydrogen-bond acceptors (Lipinski definition) is 2. The Kier molecular flexibility index (Phi) is 5.84. The molecular formula is C14H12Br3NOS. The predicted molar refractivity (Wildman–Crippen MR) is 94.3 cm³/mol. The van der Waals surface area contributed by atoms with E-state index in [2.05, 4.69) is 47.8 Å². The van der Waals surface area contributed by atoms with E-state index >= 15 is 0 Å². The predicted octanol–water partition coefficient (Wildman–Crippen LogP) is 5.70. The lowest BCUT2D eigenvalue weighted by atomic mass is 10.2. The number of thiophene rings is 1. The van der Waals surface area contributed by atoms with E-state index < -0.39 is 0 Å². The van der Waals surface area contributed by atoms with Crippen molar-refractivity contribution in [1.82, 2.24) is 4.90 Å². The Bertz CT molecular complexity index is 606. The van der Waals surface area contributed by atoms with E-state index in [1.54, 1.807) is 11.3 Å². The third-order valence-corrected chi connectivity index (χ3v) is 5.28. The molecule has 106 valence electrons. The topological polar surface area (TPSA) is 20.3 Å². The van der Waals surface area contributed by atoms with Crippen molar-refractivity contribution in [3.8, 4) is 0 Å². The fourth-order valence-corrected chi connectivity index (χ4v) is 4.60. The second-order valence-electron chi connectivity index (χ2n) is 4.18. The van der Waals surface area contributed by atoms with Crippen molar-refractivity contribution >= 4 is 65.0 Å². The lowest BCUT2D eigenvalue weighted by Gasteiger charge is -2.20. The summed E-state index contributed by atoms with van der Waals surface area (Å²) >= 11 is 11.9. The average molecular weight is 482 g/mol. The van der Waals surface area contributed by atoms with E-state index in [-0.39, 0.29) is 5.91 Å². The Morgan fingerprint density at radius 1 is 1.15 bits per heavy atom. The van der Waals surface area contributed by atoms with E-state index in [4.69, 9.17) is 0 Å². The average Bonchev–Trinajstić information content (AvgIpc) is 2.79. The van der Waals surface area contributed by atoms with E-state index in [0.29, 0.717) is 18.7 Å². The second-order valence-corrected chi connectivity index (χ2v) is 8.56. The van der Waals surface area contributed by atoms with Crippen molar-refractivity contribution in [2.75, 3.05) is 6.54 Å². The lowest BCUT2D eigenvalue weighted by Crippen LogP contribution is -2.30.